The summed E-state index contributed by atoms with van der Waals surface area (Å²) in [6.07, 6.45) is 0.251. The van der Waals surface area contributed by atoms with Gasteiger partial charge in [0.05, 0.1) is 12.7 Å². The monoisotopic (exact) mass is 213 g/mol. The lowest BCUT2D eigenvalue weighted by molar-refractivity contribution is 0.0529. The third-order valence-electron chi connectivity index (χ3n) is 2.18. The number of hydrogen-bond acceptors (Lipinski definition) is 4. The topological polar surface area (TPSA) is 38.2 Å². The normalized spacial score (nSPS) is 22.4. The number of nitrogens with zero attached hydrogens (tertiary/aromatic N) is 3. The third kappa shape index (κ3) is 2.13. The zero-order valence-electron chi connectivity index (χ0n) is 7.98. The first-order chi connectivity index (χ1) is 6.75. The van der Waals surface area contributed by atoms with E-state index in [0.29, 0.717) is 5.15 Å². The third-order valence-corrected chi connectivity index (χ3v) is 2.38. The van der Waals surface area contributed by atoms with Crippen LogP contribution in [0.3, 0.4) is 0 Å². The van der Waals surface area contributed by atoms with Crippen LogP contribution in [0.4, 0.5) is 5.82 Å². The van der Waals surface area contributed by atoms with E-state index in [9.17, 15) is 0 Å². The predicted octanol–water partition coefficient (Wildman–Crippen LogP) is 1.36. The Morgan fingerprint density at radius 2 is 2.36 bits per heavy atom. The molecule has 1 atom stereocenters. The molecule has 5 heteroatoms. The van der Waals surface area contributed by atoms with E-state index in [4.69, 9.17) is 16.3 Å². The van der Waals surface area contributed by atoms with Gasteiger partial charge in [-0.05, 0) is 19.1 Å². The Morgan fingerprint density at radius 3 is 3.00 bits per heavy atom. The van der Waals surface area contributed by atoms with E-state index in [0.717, 1.165) is 25.5 Å². The summed E-state index contributed by atoms with van der Waals surface area (Å²) in [5.74, 6) is 0.865. The van der Waals surface area contributed by atoms with E-state index in [1.165, 1.54) is 0 Å². The Kier molecular flexibility index (Phi) is 2.84. The number of aromatic nitrogens is 2. The molecule has 1 aromatic heterocycles. The summed E-state index contributed by atoms with van der Waals surface area (Å²) in [4.78, 5) is 2.15. The van der Waals surface area contributed by atoms with Crippen molar-refractivity contribution in [2.75, 3.05) is 24.6 Å². The maximum absolute atomic E-state index is 5.66. The highest BCUT2D eigenvalue weighted by Crippen LogP contribution is 2.15. The standard InChI is InChI=1S/C9H12ClN3O/c1-7-6-13(4-5-14-7)9-3-2-8(10)11-12-9/h2-3,7H,4-6H2,1H3/t7-/m0/s1. The Hall–Kier alpha value is -0.870. The first-order valence-corrected chi connectivity index (χ1v) is 4.99. The van der Waals surface area contributed by atoms with Crippen LogP contribution in [0.2, 0.25) is 5.15 Å². The maximum Gasteiger partial charge on any atom is 0.151 e. The van der Waals surface area contributed by atoms with Crippen molar-refractivity contribution in [1.29, 1.82) is 0 Å². The second-order valence-electron chi connectivity index (χ2n) is 3.34. The number of hydrogen-bond donors (Lipinski definition) is 0. The van der Waals surface area contributed by atoms with Crippen molar-refractivity contribution in [2.24, 2.45) is 0 Å². The van der Waals surface area contributed by atoms with Crippen LogP contribution in [0.1, 0.15) is 6.92 Å². The lowest BCUT2D eigenvalue weighted by Gasteiger charge is -2.31. The van der Waals surface area contributed by atoms with Gasteiger partial charge in [-0.1, -0.05) is 11.6 Å². The molecule has 0 aliphatic carbocycles. The Morgan fingerprint density at radius 1 is 1.50 bits per heavy atom. The number of halogens is 1. The average Bonchev–Trinajstić information content (AvgIpc) is 2.19. The van der Waals surface area contributed by atoms with Crippen LogP contribution in [0.15, 0.2) is 12.1 Å². The fraction of sp³-hybridized carbons (Fsp3) is 0.556. The number of morpholine rings is 1. The predicted molar refractivity (Wildman–Crippen MR) is 54.7 cm³/mol. The van der Waals surface area contributed by atoms with Crippen molar-refractivity contribution < 1.29 is 4.74 Å². The summed E-state index contributed by atoms with van der Waals surface area (Å²) in [7, 11) is 0. The van der Waals surface area contributed by atoms with E-state index in [1.807, 2.05) is 6.07 Å². The van der Waals surface area contributed by atoms with Crippen molar-refractivity contribution in [1.82, 2.24) is 10.2 Å². The van der Waals surface area contributed by atoms with Gasteiger partial charge in [-0.15, -0.1) is 10.2 Å². The van der Waals surface area contributed by atoms with Crippen LogP contribution in [0.25, 0.3) is 0 Å². The van der Waals surface area contributed by atoms with Crippen molar-refractivity contribution in [3.63, 3.8) is 0 Å². The molecule has 1 aliphatic rings. The molecule has 14 heavy (non-hydrogen) atoms. The van der Waals surface area contributed by atoms with Gasteiger partial charge in [0.1, 0.15) is 0 Å². The maximum atomic E-state index is 5.66. The molecule has 1 saturated heterocycles. The molecule has 0 aromatic carbocycles. The molecule has 76 valence electrons. The van der Waals surface area contributed by atoms with Gasteiger partial charge in [0.2, 0.25) is 0 Å². The quantitative estimate of drug-likeness (QED) is 0.706. The van der Waals surface area contributed by atoms with Gasteiger partial charge in [-0.3, -0.25) is 0 Å². The molecular formula is C9H12ClN3O. The van der Waals surface area contributed by atoms with Crippen LogP contribution in [-0.4, -0.2) is 36.0 Å². The van der Waals surface area contributed by atoms with E-state index in [1.54, 1.807) is 6.07 Å². The molecule has 0 saturated carbocycles. The second kappa shape index (κ2) is 4.11. The minimum atomic E-state index is 0.251. The molecule has 0 N–H and O–H groups in total. The van der Waals surface area contributed by atoms with Crippen LogP contribution < -0.4 is 4.90 Å². The summed E-state index contributed by atoms with van der Waals surface area (Å²) < 4.78 is 5.44. The summed E-state index contributed by atoms with van der Waals surface area (Å²) in [5.41, 5.74) is 0. The van der Waals surface area contributed by atoms with E-state index < -0.39 is 0 Å². The smallest absolute Gasteiger partial charge is 0.151 e. The van der Waals surface area contributed by atoms with Gasteiger partial charge in [0.15, 0.2) is 11.0 Å². The molecule has 2 rings (SSSR count). The second-order valence-corrected chi connectivity index (χ2v) is 3.73. The minimum Gasteiger partial charge on any atom is -0.375 e. The molecule has 0 amide bonds. The molecule has 1 fully saturated rings. The lowest BCUT2D eigenvalue weighted by atomic mass is 10.3. The number of ether oxygens (including phenoxy) is 1. The summed E-state index contributed by atoms with van der Waals surface area (Å²) in [5, 5.41) is 8.26. The van der Waals surface area contributed by atoms with Gasteiger partial charge in [0, 0.05) is 13.1 Å². The van der Waals surface area contributed by atoms with Gasteiger partial charge >= 0.3 is 0 Å². The Labute approximate surface area is 87.8 Å². The summed E-state index contributed by atoms with van der Waals surface area (Å²) in [6, 6.07) is 3.64. The van der Waals surface area contributed by atoms with Gasteiger partial charge in [-0.25, -0.2) is 0 Å². The molecular weight excluding hydrogens is 202 g/mol. The van der Waals surface area contributed by atoms with E-state index in [-0.39, 0.29) is 6.10 Å². The fourth-order valence-corrected chi connectivity index (χ4v) is 1.60. The molecule has 2 heterocycles. The minimum absolute atomic E-state index is 0.251. The van der Waals surface area contributed by atoms with E-state index in [2.05, 4.69) is 22.0 Å². The highest BCUT2D eigenvalue weighted by atomic mass is 35.5. The lowest BCUT2D eigenvalue weighted by Crippen LogP contribution is -2.41. The zero-order chi connectivity index (χ0) is 9.97. The zero-order valence-corrected chi connectivity index (χ0v) is 8.74. The molecule has 0 bridgehead atoms. The largest absolute Gasteiger partial charge is 0.375 e. The number of anilines is 1. The molecule has 1 aliphatic heterocycles. The average molecular weight is 214 g/mol. The SMILES string of the molecule is C[C@H]1CN(c2ccc(Cl)nn2)CCO1. The summed E-state index contributed by atoms with van der Waals surface area (Å²) >= 11 is 5.66. The first-order valence-electron chi connectivity index (χ1n) is 4.61. The molecule has 0 spiro atoms. The number of rotatable bonds is 1. The van der Waals surface area contributed by atoms with E-state index >= 15 is 0 Å². The van der Waals surface area contributed by atoms with Gasteiger partial charge in [0.25, 0.3) is 0 Å². The first kappa shape index (κ1) is 9.68. The Bertz CT molecular complexity index is 303. The van der Waals surface area contributed by atoms with Crippen molar-refractivity contribution in [2.45, 2.75) is 13.0 Å². The van der Waals surface area contributed by atoms with Crippen LogP contribution in [-0.2, 0) is 4.74 Å². The molecule has 0 unspecified atom stereocenters. The van der Waals surface area contributed by atoms with Crippen LogP contribution >= 0.6 is 11.6 Å². The molecule has 1 aromatic rings. The summed E-state index contributed by atoms with van der Waals surface area (Å²) in [6.45, 7) is 4.51. The van der Waals surface area contributed by atoms with Gasteiger partial charge in [-0.2, -0.15) is 0 Å². The van der Waals surface area contributed by atoms with Crippen molar-refractivity contribution in [3.8, 4) is 0 Å². The Balaban J connectivity index is 2.10. The van der Waals surface area contributed by atoms with Crippen LogP contribution in [0, 0.1) is 0 Å². The molecule has 4 nitrogen and oxygen atoms in total. The highest BCUT2D eigenvalue weighted by Gasteiger charge is 2.17. The van der Waals surface area contributed by atoms with Crippen LogP contribution in [0.5, 0.6) is 0 Å². The van der Waals surface area contributed by atoms with Crippen molar-refractivity contribution in [3.05, 3.63) is 17.3 Å². The van der Waals surface area contributed by atoms with Gasteiger partial charge < -0.3 is 9.64 Å². The highest BCUT2D eigenvalue weighted by molar-refractivity contribution is 6.29. The fourth-order valence-electron chi connectivity index (χ4n) is 1.50. The molecule has 0 radical (unpaired) electrons. The van der Waals surface area contributed by atoms with Crippen molar-refractivity contribution >= 4 is 17.4 Å².